The molecule has 2 heterocycles. The van der Waals surface area contributed by atoms with Crippen molar-refractivity contribution in [2.75, 3.05) is 5.88 Å². The highest BCUT2D eigenvalue weighted by molar-refractivity contribution is 6.31. The molecule has 1 unspecified atom stereocenters. The van der Waals surface area contributed by atoms with Gasteiger partial charge in [0.1, 0.15) is 17.4 Å². The van der Waals surface area contributed by atoms with Crippen LogP contribution in [-0.4, -0.2) is 26.3 Å². The quantitative estimate of drug-likeness (QED) is 0.862. The van der Waals surface area contributed by atoms with E-state index in [-0.39, 0.29) is 5.92 Å². The van der Waals surface area contributed by atoms with Gasteiger partial charge in [-0.3, -0.25) is 9.36 Å². The first-order valence-electron chi connectivity index (χ1n) is 6.33. The maximum Gasteiger partial charge on any atom is 0.240 e. The second kappa shape index (κ2) is 5.97. The topological polar surface area (TPSA) is 73.8 Å². The molecule has 20 heavy (non-hydrogen) atoms. The first kappa shape index (κ1) is 15.1. The molecule has 108 valence electrons. The summed E-state index contributed by atoms with van der Waals surface area (Å²) >= 11 is 11.7. The summed E-state index contributed by atoms with van der Waals surface area (Å²) in [7, 11) is 0. The zero-order valence-electron chi connectivity index (χ0n) is 11.3. The molecule has 0 bridgehead atoms. The van der Waals surface area contributed by atoms with Gasteiger partial charge in [0.2, 0.25) is 5.91 Å². The monoisotopic (exact) mass is 314 g/mol. The molecular formula is C13H16Cl2N4O. The van der Waals surface area contributed by atoms with E-state index >= 15 is 0 Å². The number of imidazole rings is 1. The van der Waals surface area contributed by atoms with Crippen molar-refractivity contribution in [1.82, 2.24) is 14.5 Å². The second-order valence-corrected chi connectivity index (χ2v) is 5.74. The number of hydrogen-bond acceptors (Lipinski definition) is 3. The van der Waals surface area contributed by atoms with Crippen LogP contribution in [0.4, 0.5) is 0 Å². The van der Waals surface area contributed by atoms with E-state index < -0.39 is 11.9 Å². The highest BCUT2D eigenvalue weighted by atomic mass is 35.5. The fourth-order valence-corrected chi connectivity index (χ4v) is 2.63. The maximum absolute atomic E-state index is 11.8. The molecule has 0 saturated heterocycles. The van der Waals surface area contributed by atoms with E-state index in [1.807, 2.05) is 13.8 Å². The fourth-order valence-electron chi connectivity index (χ4n) is 2.31. The SMILES string of the molecule is CC(C)C(C(N)=O)n1c(CCCl)nc2cc(Cl)cnc21. The first-order valence-corrected chi connectivity index (χ1v) is 7.24. The fraction of sp³-hybridized carbons (Fsp3) is 0.462. The van der Waals surface area contributed by atoms with Crippen LogP contribution >= 0.6 is 23.2 Å². The Morgan fingerprint density at radius 2 is 2.20 bits per heavy atom. The Hall–Kier alpha value is -1.33. The molecule has 5 nitrogen and oxygen atoms in total. The van der Waals surface area contributed by atoms with Crippen LogP contribution < -0.4 is 5.73 Å². The number of rotatable bonds is 5. The van der Waals surface area contributed by atoms with Crippen LogP contribution in [0.15, 0.2) is 12.3 Å². The molecule has 0 aliphatic carbocycles. The van der Waals surface area contributed by atoms with Crippen molar-refractivity contribution >= 4 is 40.3 Å². The minimum atomic E-state index is -0.508. The number of aryl methyl sites for hydroxylation is 1. The van der Waals surface area contributed by atoms with Crippen molar-refractivity contribution in [3.63, 3.8) is 0 Å². The van der Waals surface area contributed by atoms with Crippen molar-refractivity contribution < 1.29 is 4.79 Å². The van der Waals surface area contributed by atoms with E-state index in [9.17, 15) is 4.79 Å². The van der Waals surface area contributed by atoms with Crippen molar-refractivity contribution in [3.8, 4) is 0 Å². The maximum atomic E-state index is 11.8. The smallest absolute Gasteiger partial charge is 0.240 e. The molecule has 0 fully saturated rings. The molecular weight excluding hydrogens is 299 g/mol. The molecule has 2 aromatic heterocycles. The van der Waals surface area contributed by atoms with Crippen LogP contribution in [-0.2, 0) is 11.2 Å². The molecule has 0 aliphatic heterocycles. The lowest BCUT2D eigenvalue weighted by atomic mass is 10.0. The minimum Gasteiger partial charge on any atom is -0.368 e. The van der Waals surface area contributed by atoms with Gasteiger partial charge in [0, 0.05) is 18.5 Å². The standard InChI is InChI=1S/C13H16Cl2N4O/c1-7(2)11(12(16)20)19-10(3-4-14)18-9-5-8(15)6-17-13(9)19/h5-7,11H,3-4H2,1-2H3,(H2,16,20). The van der Waals surface area contributed by atoms with Crippen molar-refractivity contribution in [3.05, 3.63) is 23.1 Å². The average molecular weight is 315 g/mol. The number of amides is 1. The summed E-state index contributed by atoms with van der Waals surface area (Å²) in [6.07, 6.45) is 2.07. The van der Waals surface area contributed by atoms with E-state index in [1.54, 1.807) is 10.6 Å². The largest absolute Gasteiger partial charge is 0.368 e. The molecule has 1 atom stereocenters. The van der Waals surface area contributed by atoms with Crippen LogP contribution in [0, 0.1) is 5.92 Å². The summed E-state index contributed by atoms with van der Waals surface area (Å²) in [5, 5.41) is 0.500. The van der Waals surface area contributed by atoms with Gasteiger partial charge in [-0.1, -0.05) is 25.4 Å². The number of nitrogens with zero attached hydrogens (tertiary/aromatic N) is 3. The molecule has 0 aliphatic rings. The zero-order valence-corrected chi connectivity index (χ0v) is 12.8. The summed E-state index contributed by atoms with van der Waals surface area (Å²) in [6.45, 7) is 3.86. The van der Waals surface area contributed by atoms with Crippen molar-refractivity contribution in [2.45, 2.75) is 26.3 Å². The summed E-state index contributed by atoms with van der Waals surface area (Å²) in [5.74, 6) is 0.714. The van der Waals surface area contributed by atoms with Crippen LogP contribution in [0.1, 0.15) is 25.7 Å². The second-order valence-electron chi connectivity index (χ2n) is 4.92. The zero-order chi connectivity index (χ0) is 14.9. The molecule has 0 radical (unpaired) electrons. The van der Waals surface area contributed by atoms with Crippen LogP contribution in [0.2, 0.25) is 5.02 Å². The third kappa shape index (κ3) is 2.74. The molecule has 1 amide bonds. The number of carbonyl (C=O) groups excluding carboxylic acids is 1. The number of pyridine rings is 1. The van der Waals surface area contributed by atoms with E-state index in [1.165, 1.54) is 6.20 Å². The Kier molecular flexibility index (Phi) is 4.50. The van der Waals surface area contributed by atoms with Crippen LogP contribution in [0.5, 0.6) is 0 Å². The Balaban J connectivity index is 2.70. The highest BCUT2D eigenvalue weighted by Gasteiger charge is 2.27. The van der Waals surface area contributed by atoms with Gasteiger partial charge in [0.05, 0.1) is 5.02 Å². The third-order valence-electron chi connectivity index (χ3n) is 3.09. The molecule has 0 aromatic carbocycles. The van der Waals surface area contributed by atoms with E-state index in [0.717, 1.165) is 0 Å². The number of carbonyl (C=O) groups is 1. The van der Waals surface area contributed by atoms with Gasteiger partial charge in [0.25, 0.3) is 0 Å². The van der Waals surface area contributed by atoms with Gasteiger partial charge in [0.15, 0.2) is 5.65 Å². The molecule has 7 heteroatoms. The number of fused-ring (bicyclic) bond motifs is 1. The van der Waals surface area contributed by atoms with Crippen molar-refractivity contribution in [1.29, 1.82) is 0 Å². The summed E-state index contributed by atoms with van der Waals surface area (Å²) < 4.78 is 1.78. The summed E-state index contributed by atoms with van der Waals surface area (Å²) in [6, 6.07) is 1.21. The lowest BCUT2D eigenvalue weighted by Gasteiger charge is -2.21. The van der Waals surface area contributed by atoms with E-state index in [2.05, 4.69) is 9.97 Å². The Bertz CT molecular complexity index is 639. The minimum absolute atomic E-state index is 0.0245. The van der Waals surface area contributed by atoms with Gasteiger partial charge in [-0.25, -0.2) is 9.97 Å². The Morgan fingerprint density at radius 3 is 2.75 bits per heavy atom. The summed E-state index contributed by atoms with van der Waals surface area (Å²) in [5.41, 5.74) is 6.79. The average Bonchev–Trinajstić information content (AvgIpc) is 2.67. The lowest BCUT2D eigenvalue weighted by molar-refractivity contribution is -0.122. The molecule has 2 N–H and O–H groups in total. The number of primary amides is 1. The molecule has 2 rings (SSSR count). The highest BCUT2D eigenvalue weighted by Crippen LogP contribution is 2.26. The van der Waals surface area contributed by atoms with Crippen LogP contribution in [0.3, 0.4) is 0 Å². The lowest BCUT2D eigenvalue weighted by Crippen LogP contribution is -2.31. The number of aromatic nitrogens is 3. The number of halogens is 2. The van der Waals surface area contributed by atoms with Crippen LogP contribution in [0.25, 0.3) is 11.2 Å². The molecule has 0 spiro atoms. The molecule has 2 aromatic rings. The van der Waals surface area contributed by atoms with Crippen molar-refractivity contribution in [2.24, 2.45) is 11.7 Å². The van der Waals surface area contributed by atoms with Gasteiger partial charge >= 0.3 is 0 Å². The number of hydrogen-bond donors (Lipinski definition) is 1. The predicted molar refractivity (Wildman–Crippen MR) is 80.0 cm³/mol. The number of nitrogens with two attached hydrogens (primary N) is 1. The molecule has 0 saturated carbocycles. The normalized spacial score (nSPS) is 13.1. The Labute approximate surface area is 127 Å². The van der Waals surface area contributed by atoms with Gasteiger partial charge in [-0.15, -0.1) is 11.6 Å². The van der Waals surface area contributed by atoms with Gasteiger partial charge in [-0.05, 0) is 12.0 Å². The van der Waals surface area contributed by atoms with E-state index in [0.29, 0.717) is 34.3 Å². The van der Waals surface area contributed by atoms with E-state index in [4.69, 9.17) is 28.9 Å². The van der Waals surface area contributed by atoms with Gasteiger partial charge in [-0.2, -0.15) is 0 Å². The first-order chi connectivity index (χ1) is 9.45. The Morgan fingerprint density at radius 1 is 1.50 bits per heavy atom. The predicted octanol–water partition coefficient (Wildman–Crippen LogP) is 2.55. The third-order valence-corrected chi connectivity index (χ3v) is 3.48. The number of alkyl halides is 1. The summed E-state index contributed by atoms with van der Waals surface area (Å²) in [4.78, 5) is 20.6. The van der Waals surface area contributed by atoms with Gasteiger partial charge < -0.3 is 5.73 Å².